The molecule has 1 aliphatic rings. The van der Waals surface area contributed by atoms with Gasteiger partial charge < -0.3 is 10.6 Å². The Kier molecular flexibility index (Phi) is 3.43. The van der Waals surface area contributed by atoms with E-state index in [9.17, 15) is 4.79 Å². The summed E-state index contributed by atoms with van der Waals surface area (Å²) in [5, 5.41) is 0. The number of amides is 1. The van der Waals surface area contributed by atoms with E-state index in [1.807, 2.05) is 11.9 Å². The van der Waals surface area contributed by atoms with E-state index in [0.29, 0.717) is 24.1 Å². The average Bonchev–Trinajstić information content (AvgIpc) is 3.20. The van der Waals surface area contributed by atoms with Crippen LogP contribution in [0.25, 0.3) is 0 Å². The molecule has 1 unspecified atom stereocenters. The van der Waals surface area contributed by atoms with E-state index < -0.39 is 0 Å². The zero-order valence-electron chi connectivity index (χ0n) is 10.4. The quantitative estimate of drug-likeness (QED) is 0.855. The summed E-state index contributed by atoms with van der Waals surface area (Å²) in [5.74, 6) is 0.737. The third-order valence-electron chi connectivity index (χ3n) is 3.51. The molecular weight excluding hydrogens is 214 g/mol. The van der Waals surface area contributed by atoms with E-state index in [4.69, 9.17) is 5.73 Å². The number of nitrogens with zero attached hydrogens (tertiary/aromatic N) is 2. The average molecular weight is 233 g/mol. The maximum Gasteiger partial charge on any atom is 0.253 e. The number of hydrogen-bond donors (Lipinski definition) is 1. The largest absolute Gasteiger partial charge is 0.339 e. The van der Waals surface area contributed by atoms with Crippen LogP contribution in [0, 0.1) is 5.92 Å². The van der Waals surface area contributed by atoms with Gasteiger partial charge in [0, 0.05) is 31.4 Å². The van der Waals surface area contributed by atoms with Gasteiger partial charge >= 0.3 is 0 Å². The first-order valence-corrected chi connectivity index (χ1v) is 6.05. The molecule has 1 aliphatic carbocycles. The Hall–Kier alpha value is -1.42. The maximum absolute atomic E-state index is 12.2. The molecule has 0 saturated heterocycles. The molecule has 1 atom stereocenters. The van der Waals surface area contributed by atoms with Crippen molar-refractivity contribution in [2.45, 2.75) is 32.4 Å². The van der Waals surface area contributed by atoms with Crippen LogP contribution in [0.4, 0.5) is 0 Å². The van der Waals surface area contributed by atoms with Gasteiger partial charge in [-0.3, -0.25) is 9.78 Å². The minimum absolute atomic E-state index is 0.0569. The lowest BCUT2D eigenvalue weighted by atomic mass is 10.1. The Morgan fingerprint density at radius 2 is 2.35 bits per heavy atom. The van der Waals surface area contributed by atoms with Crippen molar-refractivity contribution in [1.29, 1.82) is 0 Å². The zero-order chi connectivity index (χ0) is 12.4. The summed E-state index contributed by atoms with van der Waals surface area (Å²) in [5.41, 5.74) is 6.96. The molecule has 4 nitrogen and oxygen atoms in total. The molecule has 1 amide bonds. The molecular formula is C13H19N3O. The van der Waals surface area contributed by atoms with E-state index in [1.54, 1.807) is 18.3 Å². The van der Waals surface area contributed by atoms with Gasteiger partial charge in [-0.15, -0.1) is 0 Å². The standard InChI is InChI=1S/C13H19N3O/c1-9(10-3-4-10)16(2)13(17)11-5-6-15-12(7-11)8-14/h5-7,9-10H,3-4,8,14H2,1-2H3. The van der Waals surface area contributed by atoms with Crippen molar-refractivity contribution in [3.8, 4) is 0 Å². The first kappa shape index (κ1) is 12.0. The van der Waals surface area contributed by atoms with Gasteiger partial charge in [-0.05, 0) is 37.8 Å². The number of aromatic nitrogens is 1. The van der Waals surface area contributed by atoms with Crippen LogP contribution in [0.5, 0.6) is 0 Å². The molecule has 1 fully saturated rings. The van der Waals surface area contributed by atoms with Gasteiger partial charge in [0.1, 0.15) is 0 Å². The summed E-state index contributed by atoms with van der Waals surface area (Å²) >= 11 is 0. The molecule has 0 radical (unpaired) electrons. The van der Waals surface area contributed by atoms with E-state index >= 15 is 0 Å². The predicted octanol–water partition coefficient (Wildman–Crippen LogP) is 1.41. The van der Waals surface area contributed by atoms with E-state index in [2.05, 4.69) is 11.9 Å². The fraction of sp³-hybridized carbons (Fsp3) is 0.538. The SMILES string of the molecule is CC(C1CC1)N(C)C(=O)c1ccnc(CN)c1. The predicted molar refractivity (Wildman–Crippen MR) is 66.4 cm³/mol. The number of carbonyl (C=O) groups is 1. The Morgan fingerprint density at radius 1 is 1.65 bits per heavy atom. The monoisotopic (exact) mass is 233 g/mol. The second kappa shape index (κ2) is 4.84. The van der Waals surface area contributed by atoms with Gasteiger partial charge in [0.25, 0.3) is 5.91 Å². The smallest absolute Gasteiger partial charge is 0.253 e. The number of hydrogen-bond acceptors (Lipinski definition) is 3. The highest BCUT2D eigenvalue weighted by Crippen LogP contribution is 2.35. The van der Waals surface area contributed by atoms with Gasteiger partial charge in [0.05, 0.1) is 5.69 Å². The van der Waals surface area contributed by atoms with Crippen molar-refractivity contribution >= 4 is 5.91 Å². The molecule has 1 saturated carbocycles. The van der Waals surface area contributed by atoms with E-state index in [1.165, 1.54) is 12.8 Å². The van der Waals surface area contributed by atoms with Crippen molar-refractivity contribution in [3.63, 3.8) is 0 Å². The van der Waals surface area contributed by atoms with Gasteiger partial charge in [0.15, 0.2) is 0 Å². The first-order chi connectivity index (χ1) is 8.13. The molecule has 1 heterocycles. The molecule has 92 valence electrons. The van der Waals surface area contributed by atoms with Gasteiger partial charge in [-0.2, -0.15) is 0 Å². The fourth-order valence-electron chi connectivity index (χ4n) is 2.01. The lowest BCUT2D eigenvalue weighted by molar-refractivity contribution is 0.0727. The Labute approximate surface area is 102 Å². The van der Waals surface area contributed by atoms with Crippen molar-refractivity contribution < 1.29 is 4.79 Å². The van der Waals surface area contributed by atoms with Crippen LogP contribution < -0.4 is 5.73 Å². The van der Waals surface area contributed by atoms with Crippen LogP contribution in [-0.4, -0.2) is 28.9 Å². The van der Waals surface area contributed by atoms with E-state index in [-0.39, 0.29) is 5.91 Å². The lowest BCUT2D eigenvalue weighted by Gasteiger charge is -2.25. The van der Waals surface area contributed by atoms with Crippen molar-refractivity contribution in [1.82, 2.24) is 9.88 Å². The Bertz CT molecular complexity index is 415. The minimum Gasteiger partial charge on any atom is -0.339 e. The molecule has 1 aromatic rings. The van der Waals surface area contributed by atoms with Crippen LogP contribution in [0.2, 0.25) is 0 Å². The Balaban J connectivity index is 2.11. The van der Waals surface area contributed by atoms with Gasteiger partial charge in [-0.25, -0.2) is 0 Å². The topological polar surface area (TPSA) is 59.2 Å². The molecule has 2 rings (SSSR count). The molecule has 2 N–H and O–H groups in total. The third kappa shape index (κ3) is 2.64. The van der Waals surface area contributed by atoms with Crippen LogP contribution in [0.3, 0.4) is 0 Å². The Morgan fingerprint density at radius 3 is 2.94 bits per heavy atom. The number of carbonyl (C=O) groups excluding carboxylic acids is 1. The van der Waals surface area contributed by atoms with Crippen molar-refractivity contribution in [2.75, 3.05) is 7.05 Å². The van der Waals surface area contributed by atoms with Crippen LogP contribution >= 0.6 is 0 Å². The highest BCUT2D eigenvalue weighted by atomic mass is 16.2. The summed E-state index contributed by atoms with van der Waals surface area (Å²) < 4.78 is 0. The van der Waals surface area contributed by atoms with Gasteiger partial charge in [0.2, 0.25) is 0 Å². The first-order valence-electron chi connectivity index (χ1n) is 6.05. The molecule has 17 heavy (non-hydrogen) atoms. The summed E-state index contributed by atoms with van der Waals surface area (Å²) in [4.78, 5) is 18.2. The van der Waals surface area contributed by atoms with Crippen LogP contribution in [0.1, 0.15) is 35.8 Å². The highest BCUT2D eigenvalue weighted by Gasteiger charge is 2.32. The second-order valence-electron chi connectivity index (χ2n) is 4.73. The van der Waals surface area contributed by atoms with Crippen molar-refractivity contribution in [3.05, 3.63) is 29.6 Å². The summed E-state index contributed by atoms with van der Waals surface area (Å²) in [6.07, 6.45) is 4.12. The van der Waals surface area contributed by atoms with Crippen molar-refractivity contribution in [2.24, 2.45) is 11.7 Å². The summed E-state index contributed by atoms with van der Waals surface area (Å²) in [6.45, 7) is 2.48. The fourth-order valence-corrected chi connectivity index (χ4v) is 2.01. The number of pyridine rings is 1. The summed E-state index contributed by atoms with van der Waals surface area (Å²) in [6, 6.07) is 3.84. The van der Waals surface area contributed by atoms with Crippen LogP contribution in [-0.2, 0) is 6.54 Å². The van der Waals surface area contributed by atoms with E-state index in [0.717, 1.165) is 5.69 Å². The molecule has 1 aromatic heterocycles. The van der Waals surface area contributed by atoms with Gasteiger partial charge in [-0.1, -0.05) is 0 Å². The molecule has 0 bridgehead atoms. The van der Waals surface area contributed by atoms with Crippen LogP contribution in [0.15, 0.2) is 18.3 Å². The number of nitrogens with two attached hydrogens (primary N) is 1. The lowest BCUT2D eigenvalue weighted by Crippen LogP contribution is -2.36. The molecule has 0 aliphatic heterocycles. The normalized spacial score (nSPS) is 16.6. The molecule has 0 aromatic carbocycles. The molecule has 0 spiro atoms. The molecule has 4 heteroatoms. The minimum atomic E-state index is 0.0569. The second-order valence-corrected chi connectivity index (χ2v) is 4.73. The zero-order valence-corrected chi connectivity index (χ0v) is 10.4. The highest BCUT2D eigenvalue weighted by molar-refractivity contribution is 5.94. The summed E-state index contributed by atoms with van der Waals surface area (Å²) in [7, 11) is 1.87. The third-order valence-corrected chi connectivity index (χ3v) is 3.51. The number of rotatable bonds is 4. The maximum atomic E-state index is 12.2.